The Kier molecular flexibility index (Phi) is 9.13. The second kappa shape index (κ2) is 13.7. The quantitative estimate of drug-likeness (QED) is 0.156. The monoisotopic (exact) mass is 597 g/mol. The lowest BCUT2D eigenvalue weighted by atomic mass is 9.90. The van der Waals surface area contributed by atoms with Gasteiger partial charge in [-0.05, 0) is 98.3 Å². The van der Waals surface area contributed by atoms with Crippen LogP contribution in [0, 0.1) is 5.92 Å². The van der Waals surface area contributed by atoms with Crippen molar-refractivity contribution in [1.29, 1.82) is 0 Å². The summed E-state index contributed by atoms with van der Waals surface area (Å²) in [6.45, 7) is 2.43. The fourth-order valence-electron chi connectivity index (χ4n) is 7.61. The average Bonchev–Trinajstić information content (AvgIpc) is 3.78. The van der Waals surface area contributed by atoms with Crippen LogP contribution in [0.2, 0.25) is 0 Å². The second-order valence-corrected chi connectivity index (χ2v) is 16.6. The third-order valence-corrected chi connectivity index (χ3v) is 14.9. The highest BCUT2D eigenvalue weighted by Crippen LogP contribution is 2.55. The Morgan fingerprint density at radius 2 is 0.953 bits per heavy atom. The number of likely N-dealkylation sites (tertiary alicyclic amines) is 1. The molecule has 0 spiro atoms. The lowest BCUT2D eigenvalue weighted by Gasteiger charge is -2.41. The average molecular weight is 598 g/mol. The molecule has 1 saturated carbocycles. The summed E-state index contributed by atoms with van der Waals surface area (Å²) in [5.41, 5.74) is 2.24. The summed E-state index contributed by atoms with van der Waals surface area (Å²) in [5.74, 6) is 0.633. The van der Waals surface area contributed by atoms with Gasteiger partial charge in [0.15, 0.2) is 0 Å². The fourth-order valence-corrected chi connectivity index (χ4v) is 13.3. The maximum Gasteiger partial charge on any atom is 0.0389 e. The van der Waals surface area contributed by atoms with Crippen LogP contribution in [0.5, 0.6) is 0 Å². The lowest BCUT2D eigenvalue weighted by Crippen LogP contribution is -2.39. The van der Waals surface area contributed by atoms with E-state index in [1.165, 1.54) is 66.4 Å². The van der Waals surface area contributed by atoms with Crippen molar-refractivity contribution in [2.45, 2.75) is 43.8 Å². The minimum atomic E-state index is -0.667. The molecule has 1 saturated heterocycles. The standard InChI is InChI=1S/C40H41NP2/c1-5-18-32(19-6-1)42(33-20-7-2-8-21-33)38-28-14-13-26-36(38)40(41-30-15-16-31-41)37-27-17-29-39(37)43(34-22-9-3-10-23-34)35-24-11-4-12-25-35/h1-14,18-26,28,37,39-40H,15-17,27,29-31H2/t37-,39?,40?/m0/s1. The molecule has 7 rings (SSSR count). The summed E-state index contributed by atoms with van der Waals surface area (Å²) in [6.07, 6.45) is 6.58. The van der Waals surface area contributed by atoms with Crippen molar-refractivity contribution in [1.82, 2.24) is 4.90 Å². The van der Waals surface area contributed by atoms with Crippen molar-refractivity contribution < 1.29 is 0 Å². The predicted molar refractivity (Wildman–Crippen MR) is 189 cm³/mol. The summed E-state index contributed by atoms with van der Waals surface area (Å²) in [7, 11) is -1.13. The maximum absolute atomic E-state index is 2.88. The molecular weight excluding hydrogens is 556 g/mol. The first-order valence-electron chi connectivity index (χ1n) is 16.0. The SMILES string of the molecule is c1ccc(P(c2ccccc2)c2ccccc2C([C@H]2CCCC2P(c2ccccc2)c2ccccc2)N2CCCC2)cc1. The Morgan fingerprint density at radius 1 is 0.488 bits per heavy atom. The molecule has 1 aliphatic carbocycles. The van der Waals surface area contributed by atoms with Crippen LogP contribution in [0.4, 0.5) is 0 Å². The van der Waals surface area contributed by atoms with Crippen LogP contribution in [-0.4, -0.2) is 23.6 Å². The summed E-state index contributed by atoms with van der Waals surface area (Å²) in [6, 6.07) is 55.5. The van der Waals surface area contributed by atoms with Crippen molar-refractivity contribution in [2.24, 2.45) is 5.92 Å². The molecule has 1 aliphatic heterocycles. The molecule has 5 aromatic carbocycles. The second-order valence-electron chi connectivity index (χ2n) is 12.0. The van der Waals surface area contributed by atoms with Gasteiger partial charge in [0, 0.05) is 6.04 Å². The van der Waals surface area contributed by atoms with Crippen molar-refractivity contribution in [3.63, 3.8) is 0 Å². The van der Waals surface area contributed by atoms with E-state index in [1.54, 1.807) is 10.9 Å². The van der Waals surface area contributed by atoms with Crippen molar-refractivity contribution >= 4 is 42.4 Å². The van der Waals surface area contributed by atoms with Gasteiger partial charge in [0.1, 0.15) is 0 Å². The molecule has 0 radical (unpaired) electrons. The zero-order chi connectivity index (χ0) is 28.8. The Bertz CT molecular complexity index is 1490. The van der Waals surface area contributed by atoms with E-state index in [0.29, 0.717) is 17.6 Å². The normalized spacial score (nSPS) is 19.7. The summed E-state index contributed by atoms with van der Waals surface area (Å²) in [5, 5.41) is 7.49. The summed E-state index contributed by atoms with van der Waals surface area (Å²) < 4.78 is 0. The Morgan fingerprint density at radius 3 is 1.49 bits per heavy atom. The van der Waals surface area contributed by atoms with E-state index in [1.807, 2.05) is 0 Å². The molecular formula is C40H41NP2. The Hall–Kier alpha value is -3.08. The molecule has 5 aromatic rings. The van der Waals surface area contributed by atoms with Gasteiger partial charge in [0.05, 0.1) is 0 Å². The van der Waals surface area contributed by atoms with Gasteiger partial charge in [-0.3, -0.25) is 4.90 Å². The fraction of sp³-hybridized carbons (Fsp3) is 0.250. The first-order valence-corrected chi connectivity index (χ1v) is 18.8. The first kappa shape index (κ1) is 28.7. The van der Waals surface area contributed by atoms with Crippen LogP contribution in [0.3, 0.4) is 0 Å². The largest absolute Gasteiger partial charge is 0.296 e. The number of hydrogen-bond donors (Lipinski definition) is 0. The third kappa shape index (κ3) is 6.14. The molecule has 0 N–H and O–H groups in total. The molecule has 0 amide bonds. The van der Waals surface area contributed by atoms with Crippen LogP contribution in [0.25, 0.3) is 0 Å². The predicted octanol–water partition coefficient (Wildman–Crippen LogP) is 7.88. The minimum Gasteiger partial charge on any atom is -0.296 e. The van der Waals surface area contributed by atoms with Crippen LogP contribution in [0.1, 0.15) is 43.7 Å². The van der Waals surface area contributed by atoms with Crippen molar-refractivity contribution in [2.75, 3.05) is 13.1 Å². The number of rotatable bonds is 9. The molecule has 216 valence electrons. The van der Waals surface area contributed by atoms with Gasteiger partial charge in [-0.15, -0.1) is 0 Å². The van der Waals surface area contributed by atoms with E-state index in [0.717, 1.165) is 0 Å². The Balaban J connectivity index is 1.37. The molecule has 2 fully saturated rings. The van der Waals surface area contributed by atoms with Crippen LogP contribution in [0.15, 0.2) is 146 Å². The van der Waals surface area contributed by atoms with Gasteiger partial charge in [0.25, 0.3) is 0 Å². The van der Waals surface area contributed by atoms with Gasteiger partial charge in [-0.1, -0.05) is 152 Å². The zero-order valence-electron chi connectivity index (χ0n) is 24.9. The first-order chi connectivity index (χ1) is 21.4. The van der Waals surface area contributed by atoms with Gasteiger partial charge in [-0.2, -0.15) is 0 Å². The van der Waals surface area contributed by atoms with Crippen LogP contribution < -0.4 is 26.5 Å². The highest BCUT2D eigenvalue weighted by molar-refractivity contribution is 7.80. The molecule has 3 atom stereocenters. The molecule has 0 aromatic heterocycles. The van der Waals surface area contributed by atoms with Gasteiger partial charge < -0.3 is 0 Å². The Labute approximate surface area is 260 Å². The topological polar surface area (TPSA) is 3.24 Å². The van der Waals surface area contributed by atoms with E-state index in [9.17, 15) is 0 Å². The zero-order valence-corrected chi connectivity index (χ0v) is 26.7. The van der Waals surface area contributed by atoms with Crippen LogP contribution >= 0.6 is 15.8 Å². The molecule has 3 heteroatoms. The van der Waals surface area contributed by atoms with Crippen LogP contribution in [-0.2, 0) is 0 Å². The smallest absolute Gasteiger partial charge is 0.0389 e. The maximum atomic E-state index is 2.88. The molecule has 43 heavy (non-hydrogen) atoms. The van der Waals surface area contributed by atoms with E-state index < -0.39 is 15.8 Å². The highest BCUT2D eigenvalue weighted by Gasteiger charge is 2.43. The van der Waals surface area contributed by atoms with E-state index in [4.69, 9.17) is 0 Å². The van der Waals surface area contributed by atoms with Gasteiger partial charge in [0.2, 0.25) is 0 Å². The minimum absolute atomic E-state index is 0.445. The highest BCUT2D eigenvalue weighted by atomic mass is 31.1. The number of nitrogens with zero attached hydrogens (tertiary/aromatic N) is 1. The van der Waals surface area contributed by atoms with E-state index in [2.05, 4.69) is 150 Å². The molecule has 1 nitrogen and oxygen atoms in total. The molecule has 2 aliphatic rings. The number of hydrogen-bond acceptors (Lipinski definition) is 1. The van der Waals surface area contributed by atoms with Crippen molar-refractivity contribution in [3.05, 3.63) is 151 Å². The van der Waals surface area contributed by atoms with Gasteiger partial charge >= 0.3 is 0 Å². The van der Waals surface area contributed by atoms with Gasteiger partial charge in [-0.25, -0.2) is 0 Å². The lowest BCUT2D eigenvalue weighted by molar-refractivity contribution is 0.179. The molecule has 1 heterocycles. The summed E-state index contributed by atoms with van der Waals surface area (Å²) in [4.78, 5) is 2.88. The third-order valence-electron chi connectivity index (χ3n) is 9.40. The van der Waals surface area contributed by atoms with E-state index >= 15 is 0 Å². The van der Waals surface area contributed by atoms with E-state index in [-0.39, 0.29) is 0 Å². The summed E-state index contributed by atoms with van der Waals surface area (Å²) >= 11 is 0. The molecule has 0 bridgehead atoms. The molecule has 2 unspecified atom stereocenters. The van der Waals surface area contributed by atoms with Crippen molar-refractivity contribution in [3.8, 4) is 0 Å². The number of benzene rings is 5.